The highest BCUT2D eigenvalue weighted by atomic mass is 32.2. The number of nitrogens with zero attached hydrogens (tertiary/aromatic N) is 1. The molecule has 1 aliphatic heterocycles. The van der Waals surface area contributed by atoms with Crippen LogP contribution in [0.25, 0.3) is 10.8 Å². The Labute approximate surface area is 150 Å². The Morgan fingerprint density at radius 2 is 1.76 bits per heavy atom. The number of ether oxygens (including phenoxy) is 1. The predicted octanol–water partition coefficient (Wildman–Crippen LogP) is 4.44. The minimum absolute atomic E-state index is 0.384. The van der Waals surface area contributed by atoms with E-state index in [-0.39, 0.29) is 0 Å². The first-order valence-electron chi connectivity index (χ1n) is 9.17. The van der Waals surface area contributed by atoms with Crippen molar-refractivity contribution in [2.75, 3.05) is 19.7 Å². The van der Waals surface area contributed by atoms with Crippen LogP contribution < -0.4 is 4.74 Å². The van der Waals surface area contributed by atoms with Gasteiger partial charge < -0.3 is 4.74 Å². The van der Waals surface area contributed by atoms with Crippen LogP contribution in [0.3, 0.4) is 0 Å². The topological polar surface area (TPSA) is 46.6 Å². The Morgan fingerprint density at radius 3 is 2.48 bits per heavy atom. The Morgan fingerprint density at radius 1 is 1.08 bits per heavy atom. The summed E-state index contributed by atoms with van der Waals surface area (Å²) in [5.41, 5.74) is 0. The highest BCUT2D eigenvalue weighted by Gasteiger charge is 2.28. The molecule has 2 aromatic carbocycles. The molecule has 3 rings (SSSR count). The summed E-state index contributed by atoms with van der Waals surface area (Å²) in [6, 6.07) is 11.2. The average molecular weight is 362 g/mol. The minimum Gasteiger partial charge on any atom is -0.494 e. The molecule has 0 N–H and O–H groups in total. The van der Waals surface area contributed by atoms with Gasteiger partial charge in [0.2, 0.25) is 10.0 Å². The summed E-state index contributed by atoms with van der Waals surface area (Å²) in [4.78, 5) is 0.384. The van der Waals surface area contributed by atoms with Gasteiger partial charge in [0.15, 0.2) is 0 Å². The number of hydrogen-bond acceptors (Lipinski definition) is 3. The Hall–Kier alpha value is -1.59. The maximum absolute atomic E-state index is 12.9. The number of rotatable bonds is 6. The van der Waals surface area contributed by atoms with Gasteiger partial charge in [0, 0.05) is 13.1 Å². The summed E-state index contributed by atoms with van der Waals surface area (Å²) in [5, 5.41) is 1.93. The summed E-state index contributed by atoms with van der Waals surface area (Å²) < 4.78 is 33.1. The van der Waals surface area contributed by atoms with E-state index in [0.717, 1.165) is 42.2 Å². The Kier molecular flexibility index (Phi) is 5.64. The first-order chi connectivity index (χ1) is 12.0. The molecular formula is C20H27NO3S. The number of hydrogen-bond donors (Lipinski definition) is 0. The molecule has 136 valence electrons. The molecule has 1 saturated heterocycles. The zero-order valence-corrected chi connectivity index (χ0v) is 15.9. The standard InChI is InChI=1S/C20H27NO3S/c1-3-4-13-24-19-7-5-18-15-20(8-6-17(18)14-19)25(22,23)21-11-9-16(2)10-12-21/h5-8,14-16H,3-4,9-13H2,1-2H3. The highest BCUT2D eigenvalue weighted by molar-refractivity contribution is 7.89. The molecule has 0 saturated carbocycles. The monoisotopic (exact) mass is 361 g/mol. The van der Waals surface area contributed by atoms with Crippen molar-refractivity contribution in [3.63, 3.8) is 0 Å². The van der Waals surface area contributed by atoms with Crippen molar-refractivity contribution in [2.24, 2.45) is 5.92 Å². The van der Waals surface area contributed by atoms with Crippen LogP contribution in [-0.2, 0) is 10.0 Å². The first-order valence-corrected chi connectivity index (χ1v) is 10.6. The second-order valence-electron chi connectivity index (χ2n) is 6.96. The van der Waals surface area contributed by atoms with Crippen molar-refractivity contribution in [3.05, 3.63) is 36.4 Å². The molecule has 1 heterocycles. The van der Waals surface area contributed by atoms with E-state index in [0.29, 0.717) is 30.5 Å². The lowest BCUT2D eigenvalue weighted by Gasteiger charge is -2.29. The summed E-state index contributed by atoms with van der Waals surface area (Å²) in [6.45, 7) is 6.26. The average Bonchev–Trinajstić information content (AvgIpc) is 2.62. The van der Waals surface area contributed by atoms with Gasteiger partial charge in [-0.1, -0.05) is 32.4 Å². The molecule has 0 aliphatic carbocycles. The van der Waals surface area contributed by atoms with Crippen LogP contribution in [0.5, 0.6) is 5.75 Å². The molecule has 0 spiro atoms. The van der Waals surface area contributed by atoms with E-state index in [9.17, 15) is 8.42 Å². The number of fused-ring (bicyclic) bond motifs is 1. The Bertz CT molecular complexity index is 824. The van der Waals surface area contributed by atoms with Crippen molar-refractivity contribution < 1.29 is 13.2 Å². The van der Waals surface area contributed by atoms with Crippen molar-refractivity contribution in [1.29, 1.82) is 0 Å². The van der Waals surface area contributed by atoms with Gasteiger partial charge in [-0.05, 0) is 60.2 Å². The first kappa shape index (κ1) is 18.2. The number of benzene rings is 2. The van der Waals surface area contributed by atoms with Gasteiger partial charge in [0.25, 0.3) is 0 Å². The fraction of sp³-hybridized carbons (Fsp3) is 0.500. The molecule has 25 heavy (non-hydrogen) atoms. The highest BCUT2D eigenvalue weighted by Crippen LogP contribution is 2.27. The van der Waals surface area contributed by atoms with Crippen molar-refractivity contribution in [2.45, 2.75) is 44.4 Å². The van der Waals surface area contributed by atoms with E-state index < -0.39 is 10.0 Å². The molecule has 4 nitrogen and oxygen atoms in total. The molecule has 5 heteroatoms. The lowest BCUT2D eigenvalue weighted by atomic mass is 10.0. The van der Waals surface area contributed by atoms with Crippen LogP contribution in [0, 0.1) is 5.92 Å². The maximum atomic E-state index is 12.9. The van der Waals surface area contributed by atoms with Crippen LogP contribution in [0.2, 0.25) is 0 Å². The van der Waals surface area contributed by atoms with E-state index in [1.54, 1.807) is 16.4 Å². The normalized spacial score (nSPS) is 17.0. The minimum atomic E-state index is -3.40. The Balaban J connectivity index is 1.82. The molecule has 2 aromatic rings. The molecular weight excluding hydrogens is 334 g/mol. The van der Waals surface area contributed by atoms with Crippen molar-refractivity contribution in [3.8, 4) is 5.75 Å². The zero-order valence-electron chi connectivity index (χ0n) is 15.1. The van der Waals surface area contributed by atoms with Crippen molar-refractivity contribution in [1.82, 2.24) is 4.31 Å². The van der Waals surface area contributed by atoms with E-state index in [4.69, 9.17) is 4.74 Å². The van der Waals surface area contributed by atoms with E-state index in [1.807, 2.05) is 24.3 Å². The summed E-state index contributed by atoms with van der Waals surface area (Å²) in [6.07, 6.45) is 4.00. The molecule has 0 radical (unpaired) electrons. The summed E-state index contributed by atoms with van der Waals surface area (Å²) in [5.74, 6) is 1.44. The third-order valence-electron chi connectivity index (χ3n) is 4.93. The molecule has 0 aromatic heterocycles. The molecule has 1 fully saturated rings. The third kappa shape index (κ3) is 4.15. The molecule has 0 atom stereocenters. The van der Waals surface area contributed by atoms with Gasteiger partial charge in [-0.3, -0.25) is 0 Å². The lowest BCUT2D eigenvalue weighted by Crippen LogP contribution is -2.37. The van der Waals surface area contributed by atoms with Crippen LogP contribution in [0.1, 0.15) is 39.5 Å². The van der Waals surface area contributed by atoms with Gasteiger partial charge in [0.05, 0.1) is 11.5 Å². The number of unbranched alkanes of at least 4 members (excludes halogenated alkanes) is 1. The molecule has 0 amide bonds. The SMILES string of the molecule is CCCCOc1ccc2cc(S(=O)(=O)N3CCC(C)CC3)ccc2c1. The van der Waals surface area contributed by atoms with Crippen LogP contribution in [0.15, 0.2) is 41.3 Å². The fourth-order valence-corrected chi connectivity index (χ4v) is 4.67. The van der Waals surface area contributed by atoms with Crippen LogP contribution in [0.4, 0.5) is 0 Å². The van der Waals surface area contributed by atoms with Gasteiger partial charge in [-0.25, -0.2) is 8.42 Å². The molecule has 1 aliphatic rings. The second kappa shape index (κ2) is 7.75. The smallest absolute Gasteiger partial charge is 0.243 e. The van der Waals surface area contributed by atoms with E-state index >= 15 is 0 Å². The maximum Gasteiger partial charge on any atom is 0.243 e. The quantitative estimate of drug-likeness (QED) is 0.715. The predicted molar refractivity (Wildman–Crippen MR) is 102 cm³/mol. The van der Waals surface area contributed by atoms with Gasteiger partial charge in [0.1, 0.15) is 5.75 Å². The molecule has 0 bridgehead atoms. The lowest BCUT2D eigenvalue weighted by molar-refractivity contribution is 0.288. The third-order valence-corrected chi connectivity index (χ3v) is 6.82. The number of piperidine rings is 1. The van der Waals surface area contributed by atoms with Gasteiger partial charge in [-0.2, -0.15) is 4.31 Å². The largest absolute Gasteiger partial charge is 0.494 e. The molecule has 0 unspecified atom stereocenters. The van der Waals surface area contributed by atoms with Gasteiger partial charge in [-0.15, -0.1) is 0 Å². The van der Waals surface area contributed by atoms with Crippen molar-refractivity contribution >= 4 is 20.8 Å². The van der Waals surface area contributed by atoms with Gasteiger partial charge >= 0.3 is 0 Å². The summed E-state index contributed by atoms with van der Waals surface area (Å²) >= 11 is 0. The van der Waals surface area contributed by atoms with Crippen LogP contribution >= 0.6 is 0 Å². The van der Waals surface area contributed by atoms with Crippen LogP contribution in [-0.4, -0.2) is 32.4 Å². The second-order valence-corrected chi connectivity index (χ2v) is 8.90. The van der Waals surface area contributed by atoms with E-state index in [1.165, 1.54) is 0 Å². The van der Waals surface area contributed by atoms with E-state index in [2.05, 4.69) is 13.8 Å². The number of sulfonamides is 1. The summed E-state index contributed by atoms with van der Waals surface area (Å²) in [7, 11) is -3.40. The zero-order chi connectivity index (χ0) is 17.9. The fourth-order valence-electron chi connectivity index (χ4n) is 3.16.